The molecule has 0 aliphatic carbocycles. The Morgan fingerprint density at radius 1 is 1.06 bits per heavy atom. The number of nitrogens with one attached hydrogen (secondary N) is 2. The van der Waals surface area contributed by atoms with Crippen LogP contribution in [0.2, 0.25) is 0 Å². The molecule has 0 fully saturated rings. The van der Waals surface area contributed by atoms with Gasteiger partial charge in [-0.2, -0.15) is 4.72 Å². The molecule has 2 heterocycles. The number of fused-ring (bicyclic) bond motifs is 1. The van der Waals surface area contributed by atoms with Gasteiger partial charge in [-0.25, -0.2) is 13.1 Å². The number of hydrogen-bond donors (Lipinski definition) is 2. The lowest BCUT2D eigenvalue weighted by molar-refractivity contribution is -0.118. The van der Waals surface area contributed by atoms with Crippen molar-refractivity contribution in [3.05, 3.63) is 48.8 Å². The van der Waals surface area contributed by atoms with Crippen molar-refractivity contribution in [1.82, 2.24) is 24.9 Å². The molecule has 0 saturated heterocycles. The van der Waals surface area contributed by atoms with Gasteiger partial charge in [0.2, 0.25) is 15.9 Å². The minimum Gasteiger partial charge on any atom is -0.490 e. The molecule has 11 nitrogen and oxygen atoms in total. The molecule has 1 amide bonds. The van der Waals surface area contributed by atoms with Crippen LogP contribution in [0.5, 0.6) is 11.5 Å². The average molecular weight is 473 g/mol. The molecule has 0 spiro atoms. The summed E-state index contributed by atoms with van der Waals surface area (Å²) in [6.07, 6.45) is 2.16. The lowest BCUT2D eigenvalue weighted by Gasteiger charge is -2.22. The van der Waals surface area contributed by atoms with Gasteiger partial charge in [-0.05, 0) is 52.7 Å². The molecule has 33 heavy (non-hydrogen) atoms. The number of sulfonamides is 1. The van der Waals surface area contributed by atoms with E-state index in [9.17, 15) is 13.2 Å². The number of benzene rings is 2. The first-order valence-corrected chi connectivity index (χ1v) is 11.9. The number of hydrogen-bond acceptors (Lipinski definition) is 8. The van der Waals surface area contributed by atoms with Gasteiger partial charge in [-0.3, -0.25) is 4.79 Å². The van der Waals surface area contributed by atoms with E-state index in [2.05, 4.69) is 25.6 Å². The molecule has 4 rings (SSSR count). The summed E-state index contributed by atoms with van der Waals surface area (Å²) in [5.41, 5.74) is 1.23. The van der Waals surface area contributed by atoms with Gasteiger partial charge in [0.1, 0.15) is 12.4 Å². The highest BCUT2D eigenvalue weighted by molar-refractivity contribution is 7.89. The van der Waals surface area contributed by atoms with Gasteiger partial charge in [0.05, 0.1) is 23.8 Å². The first kappa shape index (κ1) is 22.7. The van der Waals surface area contributed by atoms with Gasteiger partial charge >= 0.3 is 0 Å². The Kier molecular flexibility index (Phi) is 6.56. The van der Waals surface area contributed by atoms with Crippen LogP contribution in [0.25, 0.3) is 5.69 Å². The summed E-state index contributed by atoms with van der Waals surface area (Å²) in [5, 5.41) is 13.7. The minimum absolute atomic E-state index is 0.00371. The fourth-order valence-corrected chi connectivity index (χ4v) is 4.59. The van der Waals surface area contributed by atoms with Crippen molar-refractivity contribution >= 4 is 21.6 Å². The van der Waals surface area contributed by atoms with Crippen molar-refractivity contribution in [3.8, 4) is 17.2 Å². The van der Waals surface area contributed by atoms with Crippen LogP contribution in [0, 0.1) is 5.92 Å². The number of anilines is 1. The van der Waals surface area contributed by atoms with E-state index in [0.29, 0.717) is 42.5 Å². The van der Waals surface area contributed by atoms with Crippen molar-refractivity contribution in [2.24, 2.45) is 5.92 Å². The summed E-state index contributed by atoms with van der Waals surface area (Å²) < 4.78 is 41.2. The van der Waals surface area contributed by atoms with Crippen LogP contribution in [0.1, 0.15) is 20.3 Å². The van der Waals surface area contributed by atoms with Crippen molar-refractivity contribution < 1.29 is 22.7 Å². The Morgan fingerprint density at radius 2 is 1.79 bits per heavy atom. The lowest BCUT2D eigenvalue weighted by Crippen LogP contribution is -2.47. The van der Waals surface area contributed by atoms with Crippen LogP contribution in [0.15, 0.2) is 53.7 Å². The second-order valence-corrected chi connectivity index (χ2v) is 9.51. The molecule has 0 saturated carbocycles. The second kappa shape index (κ2) is 9.55. The minimum atomic E-state index is -4.00. The molecule has 1 atom stereocenters. The number of aromatic nitrogens is 4. The second-order valence-electron chi connectivity index (χ2n) is 7.79. The third-order valence-corrected chi connectivity index (χ3v) is 6.45. The quantitative estimate of drug-likeness (QED) is 0.531. The van der Waals surface area contributed by atoms with E-state index in [0.717, 1.165) is 0 Å². The fourth-order valence-electron chi connectivity index (χ4n) is 3.24. The summed E-state index contributed by atoms with van der Waals surface area (Å²) in [5.74, 6) is 0.0806. The molecule has 12 heteroatoms. The largest absolute Gasteiger partial charge is 0.490 e. The van der Waals surface area contributed by atoms with Crippen LogP contribution in [0.4, 0.5) is 5.69 Å². The summed E-state index contributed by atoms with van der Waals surface area (Å²) in [6, 6.07) is 10.3. The Hall–Kier alpha value is -3.51. The molecule has 1 aliphatic rings. The third kappa shape index (κ3) is 5.29. The van der Waals surface area contributed by atoms with E-state index < -0.39 is 22.0 Å². The molecule has 0 unspecified atom stereocenters. The van der Waals surface area contributed by atoms with Gasteiger partial charge in [0.15, 0.2) is 11.5 Å². The number of ether oxygens (including phenoxy) is 2. The zero-order chi connectivity index (χ0) is 23.4. The fraction of sp³-hybridized carbons (Fsp3) is 0.333. The molecule has 1 aromatic heterocycles. The highest BCUT2D eigenvalue weighted by atomic mass is 32.2. The first-order valence-electron chi connectivity index (χ1n) is 10.4. The topological polar surface area (TPSA) is 137 Å². The number of carbonyl (C=O) groups excluding carboxylic acids is 1. The predicted octanol–water partition coefficient (Wildman–Crippen LogP) is 1.77. The Balaban J connectivity index is 1.48. The van der Waals surface area contributed by atoms with Crippen molar-refractivity contribution in [1.29, 1.82) is 0 Å². The van der Waals surface area contributed by atoms with Crippen LogP contribution in [-0.4, -0.2) is 53.8 Å². The monoisotopic (exact) mass is 472 g/mol. The maximum Gasteiger partial charge on any atom is 0.242 e. The Bertz CT molecular complexity index is 1210. The van der Waals surface area contributed by atoms with Crippen molar-refractivity contribution in [2.45, 2.75) is 31.2 Å². The van der Waals surface area contributed by atoms with Crippen LogP contribution < -0.4 is 19.5 Å². The van der Waals surface area contributed by atoms with Gasteiger partial charge in [0.25, 0.3) is 0 Å². The number of carbonyl (C=O) groups is 1. The molecule has 0 radical (unpaired) electrons. The van der Waals surface area contributed by atoms with Crippen molar-refractivity contribution in [3.63, 3.8) is 0 Å². The number of tetrazole rings is 1. The lowest BCUT2D eigenvalue weighted by atomic mass is 10.0. The SMILES string of the molecule is CC(C)[C@@H](NS(=O)(=O)c1ccc2c(c1)OCCCO2)C(=O)Nc1ccc(-n2cnnn2)cc1. The van der Waals surface area contributed by atoms with E-state index in [1.165, 1.54) is 23.1 Å². The predicted molar refractivity (Wildman–Crippen MR) is 119 cm³/mol. The number of nitrogens with zero attached hydrogens (tertiary/aromatic N) is 4. The van der Waals surface area contributed by atoms with Gasteiger partial charge in [-0.15, -0.1) is 5.10 Å². The molecule has 1 aliphatic heterocycles. The van der Waals surface area contributed by atoms with Gasteiger partial charge in [0, 0.05) is 18.2 Å². The molecular weight excluding hydrogens is 448 g/mol. The summed E-state index contributed by atoms with van der Waals surface area (Å²) in [6.45, 7) is 4.47. The molecule has 174 valence electrons. The normalized spacial score (nSPS) is 14.5. The highest BCUT2D eigenvalue weighted by Gasteiger charge is 2.29. The van der Waals surface area contributed by atoms with Crippen molar-refractivity contribution in [2.75, 3.05) is 18.5 Å². The van der Waals surface area contributed by atoms with E-state index >= 15 is 0 Å². The summed E-state index contributed by atoms with van der Waals surface area (Å²) >= 11 is 0. The van der Waals surface area contributed by atoms with E-state index in [-0.39, 0.29) is 10.8 Å². The van der Waals surface area contributed by atoms with E-state index in [1.54, 1.807) is 44.2 Å². The molecule has 0 bridgehead atoms. The van der Waals surface area contributed by atoms with Crippen LogP contribution >= 0.6 is 0 Å². The highest BCUT2D eigenvalue weighted by Crippen LogP contribution is 2.32. The molecule has 2 N–H and O–H groups in total. The zero-order valence-corrected chi connectivity index (χ0v) is 18.9. The molecular formula is C21H24N6O5S. The zero-order valence-electron chi connectivity index (χ0n) is 18.1. The summed E-state index contributed by atoms with van der Waals surface area (Å²) in [4.78, 5) is 12.9. The van der Waals surface area contributed by atoms with Gasteiger partial charge in [-0.1, -0.05) is 13.8 Å². The maximum absolute atomic E-state index is 13.0. The first-order chi connectivity index (χ1) is 15.8. The Morgan fingerprint density at radius 3 is 2.45 bits per heavy atom. The van der Waals surface area contributed by atoms with Crippen LogP contribution in [0.3, 0.4) is 0 Å². The third-order valence-electron chi connectivity index (χ3n) is 5.01. The van der Waals surface area contributed by atoms with Crippen LogP contribution in [-0.2, 0) is 14.8 Å². The van der Waals surface area contributed by atoms with E-state index in [1.807, 2.05) is 0 Å². The molecule has 2 aromatic carbocycles. The number of rotatable bonds is 7. The van der Waals surface area contributed by atoms with E-state index in [4.69, 9.17) is 9.47 Å². The average Bonchev–Trinajstić information content (AvgIpc) is 3.23. The summed E-state index contributed by atoms with van der Waals surface area (Å²) in [7, 11) is -4.00. The Labute approximate surface area is 191 Å². The van der Waals surface area contributed by atoms with Gasteiger partial charge < -0.3 is 14.8 Å². The number of amides is 1. The maximum atomic E-state index is 13.0. The smallest absolute Gasteiger partial charge is 0.242 e. The standard InChI is InChI=1S/C21H24N6O5S/c1-14(2)20(21(28)23-15-4-6-16(7-5-15)27-13-22-25-26-27)24-33(29,30)17-8-9-18-19(12-17)32-11-3-10-31-18/h4-9,12-14,20,24H,3,10-11H2,1-2H3,(H,23,28)/t20-/m1/s1. The molecule has 3 aromatic rings.